The number of hydrogen-bond acceptors (Lipinski definition) is 7. The molecule has 13 heteroatoms. The van der Waals surface area contributed by atoms with Crippen molar-refractivity contribution in [1.29, 1.82) is 5.26 Å². The first-order valence-corrected chi connectivity index (χ1v) is 5.64. The topological polar surface area (TPSA) is 162 Å². The lowest BCUT2D eigenvalue weighted by Crippen LogP contribution is -2.52. The van der Waals surface area contributed by atoms with E-state index in [-0.39, 0.29) is 0 Å². The summed E-state index contributed by atoms with van der Waals surface area (Å²) in [6.45, 7) is 0. The van der Waals surface area contributed by atoms with Crippen molar-refractivity contribution in [3.63, 3.8) is 0 Å². The minimum Gasteiger partial charge on any atom is -0.394 e. The SMILES string of the molecule is N#CC1C(C(F)(F)F)=C([N+](=O)[O-])C([N+](=O)[O-])=C(N)C1(N)Br. The third kappa shape index (κ3) is 2.54. The Morgan fingerprint density at radius 2 is 1.71 bits per heavy atom. The third-order valence-electron chi connectivity index (χ3n) is 2.66. The predicted molar refractivity (Wildman–Crippen MR) is 63.2 cm³/mol. The van der Waals surface area contributed by atoms with Crippen LogP contribution in [0.25, 0.3) is 0 Å². The fourth-order valence-corrected chi connectivity index (χ4v) is 2.28. The number of halogens is 4. The van der Waals surface area contributed by atoms with Crippen molar-refractivity contribution in [2.45, 2.75) is 10.6 Å². The summed E-state index contributed by atoms with van der Waals surface area (Å²) in [7, 11) is 0. The summed E-state index contributed by atoms with van der Waals surface area (Å²) in [6.07, 6.45) is -5.39. The first-order valence-electron chi connectivity index (χ1n) is 4.85. The molecule has 0 bridgehead atoms. The minimum atomic E-state index is -5.39. The summed E-state index contributed by atoms with van der Waals surface area (Å²) in [5, 5.41) is 30.5. The van der Waals surface area contributed by atoms with Crippen LogP contribution < -0.4 is 11.5 Å². The Hall–Kier alpha value is -2.20. The highest BCUT2D eigenvalue weighted by atomic mass is 79.9. The highest BCUT2D eigenvalue weighted by molar-refractivity contribution is 9.10. The van der Waals surface area contributed by atoms with Crippen LogP contribution in [-0.2, 0) is 0 Å². The van der Waals surface area contributed by atoms with E-state index in [4.69, 9.17) is 16.7 Å². The Bertz CT molecular complexity index is 633. The van der Waals surface area contributed by atoms with E-state index in [1.807, 2.05) is 0 Å². The summed E-state index contributed by atoms with van der Waals surface area (Å²) in [5.41, 5.74) is 4.10. The summed E-state index contributed by atoms with van der Waals surface area (Å²) < 4.78 is 36.6. The van der Waals surface area contributed by atoms with E-state index in [0.29, 0.717) is 0 Å². The van der Waals surface area contributed by atoms with Gasteiger partial charge in [0, 0.05) is 0 Å². The molecule has 0 aromatic rings. The molecule has 0 heterocycles. The summed E-state index contributed by atoms with van der Waals surface area (Å²) >= 11 is 2.51. The molecule has 1 rings (SSSR count). The lowest BCUT2D eigenvalue weighted by molar-refractivity contribution is -0.483. The van der Waals surface area contributed by atoms with Crippen molar-refractivity contribution in [2.75, 3.05) is 0 Å². The van der Waals surface area contributed by atoms with Gasteiger partial charge >= 0.3 is 17.6 Å². The lowest BCUT2D eigenvalue weighted by atomic mass is 9.83. The molecule has 2 atom stereocenters. The molecule has 2 unspecified atom stereocenters. The number of nitrogens with zero attached hydrogens (tertiary/aromatic N) is 3. The maximum absolute atomic E-state index is 13.0. The van der Waals surface area contributed by atoms with Gasteiger partial charge in [-0.05, 0) is 0 Å². The Morgan fingerprint density at radius 1 is 1.29 bits per heavy atom. The molecule has 0 spiro atoms. The minimum absolute atomic E-state index is 1.04. The number of nitro groups is 2. The molecule has 0 saturated heterocycles. The first kappa shape index (κ1) is 16.9. The molecule has 0 fully saturated rings. The van der Waals surface area contributed by atoms with Gasteiger partial charge in [-0.1, -0.05) is 15.9 Å². The van der Waals surface area contributed by atoms with E-state index in [1.165, 1.54) is 0 Å². The molecule has 114 valence electrons. The van der Waals surface area contributed by atoms with Crippen LogP contribution in [0.1, 0.15) is 0 Å². The van der Waals surface area contributed by atoms with Crippen LogP contribution in [0.2, 0.25) is 0 Å². The zero-order valence-corrected chi connectivity index (χ0v) is 11.3. The normalized spacial score (nSPS) is 26.6. The van der Waals surface area contributed by atoms with Gasteiger partial charge in [-0.15, -0.1) is 0 Å². The van der Waals surface area contributed by atoms with Crippen LogP contribution in [0.15, 0.2) is 22.7 Å². The van der Waals surface area contributed by atoms with Crippen LogP contribution >= 0.6 is 15.9 Å². The molecule has 0 aliphatic heterocycles. The van der Waals surface area contributed by atoms with E-state index in [2.05, 4.69) is 15.9 Å². The zero-order chi connectivity index (χ0) is 16.7. The maximum Gasteiger partial charge on any atom is 0.420 e. The van der Waals surface area contributed by atoms with E-state index in [9.17, 15) is 33.4 Å². The van der Waals surface area contributed by atoms with Crippen LogP contribution in [0.3, 0.4) is 0 Å². The average molecular weight is 372 g/mol. The third-order valence-corrected chi connectivity index (χ3v) is 3.54. The molecule has 1 aliphatic carbocycles. The second-order valence-electron chi connectivity index (χ2n) is 3.87. The molecule has 0 radical (unpaired) electrons. The van der Waals surface area contributed by atoms with Gasteiger partial charge in [0.15, 0.2) is 0 Å². The molecule has 0 amide bonds. The predicted octanol–water partition coefficient (Wildman–Crippen LogP) is 0.730. The number of nitrogens with two attached hydrogens (primary N) is 2. The van der Waals surface area contributed by atoms with Crippen molar-refractivity contribution >= 4 is 15.9 Å². The molecule has 4 N–H and O–H groups in total. The quantitative estimate of drug-likeness (QED) is 0.312. The fraction of sp³-hybridized carbons (Fsp3) is 0.375. The van der Waals surface area contributed by atoms with Gasteiger partial charge in [0.05, 0.1) is 15.9 Å². The Kier molecular flexibility index (Phi) is 3.99. The van der Waals surface area contributed by atoms with Crippen molar-refractivity contribution in [3.05, 3.63) is 42.9 Å². The highest BCUT2D eigenvalue weighted by Crippen LogP contribution is 2.47. The Morgan fingerprint density at radius 3 is 2.00 bits per heavy atom. The Balaban J connectivity index is 3.97. The zero-order valence-electron chi connectivity index (χ0n) is 9.72. The van der Waals surface area contributed by atoms with Crippen molar-refractivity contribution in [2.24, 2.45) is 17.4 Å². The molecule has 0 aromatic carbocycles. The van der Waals surface area contributed by atoms with Gasteiger partial charge in [-0.2, -0.15) is 18.4 Å². The van der Waals surface area contributed by atoms with Crippen LogP contribution in [-0.4, -0.2) is 20.5 Å². The van der Waals surface area contributed by atoms with Gasteiger partial charge in [-0.3, -0.25) is 20.2 Å². The van der Waals surface area contributed by atoms with E-state index in [1.54, 1.807) is 0 Å². The maximum atomic E-state index is 13.0. The van der Waals surface area contributed by atoms with Gasteiger partial charge in [0.2, 0.25) is 0 Å². The monoisotopic (exact) mass is 371 g/mol. The van der Waals surface area contributed by atoms with Crippen LogP contribution in [0, 0.1) is 37.5 Å². The molecule has 21 heavy (non-hydrogen) atoms. The molecule has 0 saturated carbocycles. The number of alkyl halides is 4. The van der Waals surface area contributed by atoms with E-state index < -0.39 is 49.1 Å². The number of rotatable bonds is 2. The largest absolute Gasteiger partial charge is 0.420 e. The average Bonchev–Trinajstić information content (AvgIpc) is 2.29. The molecular weight excluding hydrogens is 367 g/mol. The number of hydrogen-bond donors (Lipinski definition) is 2. The van der Waals surface area contributed by atoms with Gasteiger partial charge in [0.1, 0.15) is 21.6 Å². The van der Waals surface area contributed by atoms with Crippen molar-refractivity contribution in [1.82, 2.24) is 0 Å². The highest BCUT2D eigenvalue weighted by Gasteiger charge is 2.61. The van der Waals surface area contributed by atoms with Crippen LogP contribution in [0.5, 0.6) is 0 Å². The first-order chi connectivity index (χ1) is 9.37. The second kappa shape index (κ2) is 4.97. The molecule has 0 aromatic heterocycles. The van der Waals surface area contributed by atoms with E-state index in [0.717, 1.165) is 6.07 Å². The summed E-state index contributed by atoms with van der Waals surface area (Å²) in [4.78, 5) is 18.6. The summed E-state index contributed by atoms with van der Waals surface area (Å²) in [6, 6.07) is 1.13. The van der Waals surface area contributed by atoms with Crippen molar-refractivity contribution in [3.8, 4) is 6.07 Å². The standard InChI is InChI=1S/C8H5BrF3N5O4/c9-7(15)2(1-13)3(8(10,11)12)4(16(18)19)5(6(7)14)17(20)21/h2H,14-15H2. The fourth-order valence-electron chi connectivity index (χ4n) is 1.76. The van der Waals surface area contributed by atoms with Crippen molar-refractivity contribution < 1.29 is 23.0 Å². The number of nitriles is 1. The van der Waals surface area contributed by atoms with E-state index >= 15 is 0 Å². The van der Waals surface area contributed by atoms with Crippen LogP contribution in [0.4, 0.5) is 13.2 Å². The molecule has 1 aliphatic rings. The molecule has 9 nitrogen and oxygen atoms in total. The lowest BCUT2D eigenvalue weighted by Gasteiger charge is -2.32. The second-order valence-corrected chi connectivity index (χ2v) is 5.18. The Labute approximate surface area is 122 Å². The molecular formula is C8H5BrF3N5O4. The van der Waals surface area contributed by atoms with Gasteiger partial charge in [0.25, 0.3) is 0 Å². The van der Waals surface area contributed by atoms with Gasteiger partial charge < -0.3 is 11.5 Å². The summed E-state index contributed by atoms with van der Waals surface area (Å²) in [5.74, 6) is -2.33. The smallest absolute Gasteiger partial charge is 0.394 e. The van der Waals surface area contributed by atoms with Gasteiger partial charge in [-0.25, -0.2) is 0 Å².